The van der Waals surface area contributed by atoms with E-state index in [1.807, 2.05) is 0 Å². The van der Waals surface area contributed by atoms with Crippen LogP contribution in [0.5, 0.6) is 5.75 Å². The van der Waals surface area contributed by atoms with E-state index in [-0.39, 0.29) is 43.5 Å². The van der Waals surface area contributed by atoms with E-state index >= 15 is 0 Å². The minimum absolute atomic E-state index is 0.0130. The first kappa shape index (κ1) is 32.7. The predicted octanol–water partition coefficient (Wildman–Crippen LogP) is -1.36. The lowest BCUT2D eigenvalue weighted by Crippen LogP contribution is -2.64. The third-order valence-electron chi connectivity index (χ3n) is 8.69. The van der Waals surface area contributed by atoms with Gasteiger partial charge in [0.05, 0.1) is 26.8 Å². The maximum Gasteiger partial charge on any atom is 0.234 e. The molecule has 16 nitrogen and oxygen atoms in total. The van der Waals surface area contributed by atoms with Gasteiger partial charge in [0.15, 0.2) is 18.0 Å². The van der Waals surface area contributed by atoms with Crippen molar-refractivity contribution >= 4 is 28.0 Å². The minimum atomic E-state index is -1.80. The van der Waals surface area contributed by atoms with E-state index in [1.165, 1.54) is 25.1 Å². The van der Waals surface area contributed by atoms with Gasteiger partial charge < -0.3 is 58.8 Å². The summed E-state index contributed by atoms with van der Waals surface area (Å²) >= 11 is 0. The smallest absolute Gasteiger partial charge is 0.234 e. The zero-order chi connectivity index (χ0) is 33.4. The molecule has 7 N–H and O–H groups in total. The molecule has 0 bridgehead atoms. The number of quaternary nitrogens is 1. The number of hydrogen-bond donors (Lipinski definition) is 7. The van der Waals surface area contributed by atoms with Crippen molar-refractivity contribution < 1.29 is 68.0 Å². The summed E-state index contributed by atoms with van der Waals surface area (Å²) in [5, 5.41) is 73.1. The van der Waals surface area contributed by atoms with Gasteiger partial charge in [-0.15, -0.1) is 0 Å². The summed E-state index contributed by atoms with van der Waals surface area (Å²) in [6, 6.07) is 2.51. The molecule has 0 saturated carbocycles. The average molecular weight is 651 g/mol. The van der Waals surface area contributed by atoms with Crippen LogP contribution in [0.1, 0.15) is 30.2 Å². The quantitative estimate of drug-likeness (QED) is 0.125. The van der Waals surface area contributed by atoms with E-state index in [0.29, 0.717) is 0 Å². The minimum Gasteiger partial charge on any atom is -0.506 e. The molecule has 16 heteroatoms. The zero-order valence-corrected chi connectivity index (χ0v) is 25.2. The third-order valence-corrected chi connectivity index (χ3v) is 8.69. The number of aromatic hydroxyl groups is 1. The van der Waals surface area contributed by atoms with Crippen molar-refractivity contribution in [2.24, 2.45) is 0 Å². The van der Waals surface area contributed by atoms with Crippen molar-refractivity contribution in [3.05, 3.63) is 55.9 Å². The monoisotopic (exact) mass is 650 g/mol. The SMILES string of the molecule is Cc1cc(=O)c2c(O)c3c(=O)c4c(oc3cc2o1)C=C[N+](C)(C)C4O[C@@H]1O[C@H](CO)[C@@H](O)[C@H](O)[C@H]1O[C@@H]1O[C@H](C)[C@@H](O)[C@H](O)[C@H]1O. The number of aliphatic hydroxyl groups excluding tert-OH is 6. The van der Waals surface area contributed by atoms with E-state index in [4.69, 9.17) is 27.8 Å². The molecular formula is C30H36NO15+. The lowest BCUT2D eigenvalue weighted by Gasteiger charge is -2.47. The molecule has 2 saturated heterocycles. The van der Waals surface area contributed by atoms with Crippen LogP contribution in [-0.2, 0) is 18.9 Å². The molecule has 0 spiro atoms. The van der Waals surface area contributed by atoms with E-state index in [0.717, 1.165) is 0 Å². The molecule has 11 atom stereocenters. The van der Waals surface area contributed by atoms with Gasteiger partial charge in [0.25, 0.3) is 0 Å². The number of ether oxygens (including phenoxy) is 4. The number of nitrogens with zero attached hydrogens (tertiary/aromatic N) is 1. The number of fused-ring (bicyclic) bond motifs is 3. The highest BCUT2D eigenvalue weighted by atomic mass is 16.8. The molecule has 5 heterocycles. The lowest BCUT2D eigenvalue weighted by molar-refractivity contribution is -0.901. The van der Waals surface area contributed by atoms with Crippen LogP contribution in [0.2, 0.25) is 0 Å². The molecule has 46 heavy (non-hydrogen) atoms. The van der Waals surface area contributed by atoms with Crippen molar-refractivity contribution in [3.8, 4) is 5.75 Å². The van der Waals surface area contributed by atoms with Crippen LogP contribution < -0.4 is 10.9 Å². The van der Waals surface area contributed by atoms with Crippen molar-refractivity contribution in [1.82, 2.24) is 0 Å². The molecule has 3 aromatic rings. The maximum absolute atomic E-state index is 14.2. The Morgan fingerprint density at radius 1 is 0.848 bits per heavy atom. The first-order chi connectivity index (χ1) is 21.6. The van der Waals surface area contributed by atoms with Gasteiger partial charge in [-0.25, -0.2) is 0 Å². The summed E-state index contributed by atoms with van der Waals surface area (Å²) in [6.07, 6.45) is -13.8. The van der Waals surface area contributed by atoms with Crippen LogP contribution in [0, 0.1) is 6.92 Å². The van der Waals surface area contributed by atoms with Gasteiger partial charge in [-0.2, -0.15) is 0 Å². The van der Waals surface area contributed by atoms with E-state index in [1.54, 1.807) is 27.2 Å². The van der Waals surface area contributed by atoms with E-state index in [9.17, 15) is 45.3 Å². The fourth-order valence-electron chi connectivity index (χ4n) is 6.09. The first-order valence-corrected chi connectivity index (χ1v) is 14.6. The number of phenols is 1. The lowest BCUT2D eigenvalue weighted by atomic mass is 9.97. The van der Waals surface area contributed by atoms with Crippen molar-refractivity contribution in [2.75, 3.05) is 20.7 Å². The molecule has 1 unspecified atom stereocenters. The van der Waals surface area contributed by atoms with Crippen molar-refractivity contribution in [2.45, 2.75) is 81.5 Å². The molecule has 2 aromatic heterocycles. The summed E-state index contributed by atoms with van der Waals surface area (Å²) in [7, 11) is 3.32. The summed E-state index contributed by atoms with van der Waals surface area (Å²) in [5.74, 6) is -0.324. The van der Waals surface area contributed by atoms with Crippen molar-refractivity contribution in [1.29, 1.82) is 0 Å². The number of hydrogen-bond acceptors (Lipinski definition) is 15. The van der Waals surface area contributed by atoms with Gasteiger partial charge in [0.2, 0.25) is 11.7 Å². The molecule has 250 valence electrons. The third kappa shape index (κ3) is 5.25. The van der Waals surface area contributed by atoms with E-state index in [2.05, 4.69) is 0 Å². The number of rotatable bonds is 5. The Kier molecular flexibility index (Phi) is 8.36. The summed E-state index contributed by atoms with van der Waals surface area (Å²) < 4.78 is 34.9. The van der Waals surface area contributed by atoms with Crippen LogP contribution in [-0.4, -0.2) is 122 Å². The Labute approximate surface area is 260 Å². The van der Waals surface area contributed by atoms with E-state index < -0.39 is 90.9 Å². The van der Waals surface area contributed by atoms with Crippen LogP contribution in [0.3, 0.4) is 0 Å². The summed E-state index contributed by atoms with van der Waals surface area (Å²) in [5.41, 5.74) is -1.47. The second kappa shape index (κ2) is 11.8. The topological polar surface area (TPSA) is 239 Å². The Balaban J connectivity index is 1.44. The summed E-state index contributed by atoms with van der Waals surface area (Å²) in [6.45, 7) is 2.24. The highest BCUT2D eigenvalue weighted by Crippen LogP contribution is 2.40. The van der Waals surface area contributed by atoms with Crippen LogP contribution in [0.4, 0.5) is 0 Å². The molecular weight excluding hydrogens is 614 g/mol. The van der Waals surface area contributed by atoms with Gasteiger partial charge in [0, 0.05) is 18.2 Å². The zero-order valence-electron chi connectivity index (χ0n) is 25.2. The normalized spacial score (nSPS) is 35.8. The molecule has 1 aromatic carbocycles. The largest absolute Gasteiger partial charge is 0.506 e. The second-order valence-corrected chi connectivity index (χ2v) is 12.3. The van der Waals surface area contributed by atoms with Crippen LogP contribution in [0.25, 0.3) is 28.0 Å². The van der Waals surface area contributed by atoms with Gasteiger partial charge in [-0.05, 0) is 13.8 Å². The Morgan fingerprint density at radius 2 is 1.54 bits per heavy atom. The molecule has 3 aliphatic rings. The number of phenolic OH excluding ortho intramolecular Hbond substituents is 1. The molecule has 0 aliphatic carbocycles. The highest BCUT2D eigenvalue weighted by Gasteiger charge is 2.53. The standard InChI is InChI=1S/C30H35NO15/c1-10-7-12(33)17-14(41-10)8-15-18(22(17)36)23(37)19-13(43-15)5-6-31(3,4)28(19)46-30-27(25(39)21(35)16(9-32)44-30)45-29-26(40)24(38)20(34)11(2)42-29/h5-8,11,16,20-21,24-30,32,34-35,38-40H,9H2,1-4H3/p+1/t11-,16-,20-,21-,24+,25+,26-,27-,28?,29+,30+/m1/s1. The second-order valence-electron chi connectivity index (χ2n) is 12.3. The fraction of sp³-hybridized carbons (Fsp3) is 0.533. The first-order valence-electron chi connectivity index (χ1n) is 14.6. The molecule has 0 radical (unpaired) electrons. The van der Waals surface area contributed by atoms with Gasteiger partial charge in [-0.3, -0.25) is 18.8 Å². The number of aryl methyl sites for hydroxylation is 1. The maximum atomic E-state index is 14.2. The van der Waals surface area contributed by atoms with Crippen LogP contribution >= 0.6 is 0 Å². The molecule has 0 amide bonds. The number of aliphatic hydroxyl groups is 6. The molecule has 3 aliphatic heterocycles. The molecule has 6 rings (SSSR count). The average Bonchev–Trinajstić information content (AvgIpc) is 2.98. The van der Waals surface area contributed by atoms with Crippen LogP contribution in [0.15, 0.2) is 36.8 Å². The van der Waals surface area contributed by atoms with Gasteiger partial charge in [0.1, 0.15) is 93.7 Å². The van der Waals surface area contributed by atoms with Crippen molar-refractivity contribution in [3.63, 3.8) is 0 Å². The Hall–Kier alpha value is -3.26. The van der Waals surface area contributed by atoms with Gasteiger partial charge in [-0.1, -0.05) is 0 Å². The predicted molar refractivity (Wildman–Crippen MR) is 155 cm³/mol. The Morgan fingerprint density at radius 3 is 2.24 bits per heavy atom. The highest BCUT2D eigenvalue weighted by molar-refractivity contribution is 6.00. The Bertz CT molecular complexity index is 1800. The summed E-state index contributed by atoms with van der Waals surface area (Å²) in [4.78, 5) is 26.9. The molecule has 2 fully saturated rings. The van der Waals surface area contributed by atoms with Gasteiger partial charge >= 0.3 is 0 Å². The fourth-order valence-corrected chi connectivity index (χ4v) is 6.09. The number of benzene rings is 1.